The molecular weight excluding hydrogens is 270 g/mol. The Morgan fingerprint density at radius 1 is 1.50 bits per heavy atom. The van der Waals surface area contributed by atoms with Crippen molar-refractivity contribution >= 4 is 35.0 Å². The SMILES string of the molecule is C=CCN(C)c1nc(SC)nc(Cl)c1C(=O)C=C. The maximum absolute atomic E-state index is 11.8. The van der Waals surface area contributed by atoms with Crippen molar-refractivity contribution in [3.8, 4) is 0 Å². The number of rotatable bonds is 6. The summed E-state index contributed by atoms with van der Waals surface area (Å²) < 4.78 is 0. The zero-order valence-electron chi connectivity index (χ0n) is 10.3. The topological polar surface area (TPSA) is 46.1 Å². The van der Waals surface area contributed by atoms with E-state index < -0.39 is 0 Å². The smallest absolute Gasteiger partial charge is 0.192 e. The van der Waals surface area contributed by atoms with Crippen molar-refractivity contribution < 1.29 is 4.79 Å². The van der Waals surface area contributed by atoms with Gasteiger partial charge in [0.05, 0.1) is 0 Å². The number of nitrogens with zero attached hydrogens (tertiary/aromatic N) is 3. The molecule has 1 rings (SSSR count). The van der Waals surface area contributed by atoms with Crippen LogP contribution in [-0.2, 0) is 0 Å². The molecule has 1 aromatic heterocycles. The number of hydrogen-bond donors (Lipinski definition) is 0. The number of halogens is 1. The summed E-state index contributed by atoms with van der Waals surface area (Å²) in [6.45, 7) is 7.67. The number of carbonyl (C=O) groups excluding carboxylic acids is 1. The number of hydrogen-bond acceptors (Lipinski definition) is 5. The number of anilines is 1. The van der Waals surface area contributed by atoms with Gasteiger partial charge in [-0.15, -0.1) is 6.58 Å². The zero-order chi connectivity index (χ0) is 13.7. The van der Waals surface area contributed by atoms with Gasteiger partial charge in [0.1, 0.15) is 16.5 Å². The lowest BCUT2D eigenvalue weighted by Gasteiger charge is -2.19. The van der Waals surface area contributed by atoms with Crippen molar-refractivity contribution in [1.82, 2.24) is 9.97 Å². The molecule has 0 aliphatic heterocycles. The van der Waals surface area contributed by atoms with Crippen LogP contribution in [0.5, 0.6) is 0 Å². The van der Waals surface area contributed by atoms with Gasteiger partial charge in [-0.2, -0.15) is 0 Å². The number of likely N-dealkylation sites (N-methyl/N-ethyl adjacent to an activating group) is 1. The van der Waals surface area contributed by atoms with E-state index in [2.05, 4.69) is 23.1 Å². The molecule has 0 bridgehead atoms. The molecule has 4 nitrogen and oxygen atoms in total. The molecule has 6 heteroatoms. The third-order valence-corrected chi connectivity index (χ3v) is 3.03. The van der Waals surface area contributed by atoms with Gasteiger partial charge in [-0.05, 0) is 12.3 Å². The van der Waals surface area contributed by atoms with Crippen LogP contribution in [0.25, 0.3) is 0 Å². The second kappa shape index (κ2) is 6.56. The van der Waals surface area contributed by atoms with Crippen LogP contribution in [0.15, 0.2) is 30.5 Å². The van der Waals surface area contributed by atoms with Gasteiger partial charge in [-0.3, -0.25) is 4.79 Å². The zero-order valence-corrected chi connectivity index (χ0v) is 11.9. The number of allylic oxidation sites excluding steroid dienone is 1. The Hall–Kier alpha value is -1.33. The average Bonchev–Trinajstić information content (AvgIpc) is 2.37. The third kappa shape index (κ3) is 3.11. The van der Waals surface area contributed by atoms with E-state index in [1.165, 1.54) is 17.8 Å². The van der Waals surface area contributed by atoms with Gasteiger partial charge in [-0.1, -0.05) is 36.0 Å². The van der Waals surface area contributed by atoms with E-state index in [1.807, 2.05) is 13.3 Å². The predicted octanol–water partition coefficient (Wildman–Crippen LogP) is 2.84. The third-order valence-electron chi connectivity index (χ3n) is 2.20. The van der Waals surface area contributed by atoms with Gasteiger partial charge in [0.2, 0.25) is 0 Å². The molecule has 0 N–H and O–H groups in total. The van der Waals surface area contributed by atoms with Crippen LogP contribution >= 0.6 is 23.4 Å². The molecule has 96 valence electrons. The van der Waals surface area contributed by atoms with Gasteiger partial charge in [-0.25, -0.2) is 9.97 Å². The largest absolute Gasteiger partial charge is 0.355 e. The van der Waals surface area contributed by atoms with Crippen LogP contribution in [0.3, 0.4) is 0 Å². The Bertz CT molecular complexity index is 490. The maximum Gasteiger partial charge on any atom is 0.192 e. The number of thioether (sulfide) groups is 1. The second-order valence-electron chi connectivity index (χ2n) is 3.44. The molecule has 0 aromatic carbocycles. The Morgan fingerprint density at radius 3 is 2.67 bits per heavy atom. The van der Waals surface area contributed by atoms with Crippen molar-refractivity contribution in [3.05, 3.63) is 36.0 Å². The summed E-state index contributed by atoms with van der Waals surface area (Å²) >= 11 is 7.41. The van der Waals surface area contributed by atoms with Gasteiger partial charge in [0.15, 0.2) is 10.9 Å². The van der Waals surface area contributed by atoms with E-state index >= 15 is 0 Å². The molecule has 0 atom stereocenters. The molecule has 0 saturated heterocycles. The van der Waals surface area contributed by atoms with E-state index in [0.717, 1.165) is 0 Å². The molecule has 18 heavy (non-hydrogen) atoms. The summed E-state index contributed by atoms with van der Waals surface area (Å²) in [5, 5.41) is 0.664. The summed E-state index contributed by atoms with van der Waals surface area (Å²) in [7, 11) is 1.81. The molecule has 0 saturated carbocycles. The first kappa shape index (κ1) is 14.7. The van der Waals surface area contributed by atoms with Crippen molar-refractivity contribution in [2.75, 3.05) is 24.7 Å². The summed E-state index contributed by atoms with van der Waals surface area (Å²) in [6.07, 6.45) is 4.77. The highest BCUT2D eigenvalue weighted by Gasteiger charge is 2.20. The molecule has 1 aromatic rings. The minimum atomic E-state index is -0.293. The lowest BCUT2D eigenvalue weighted by atomic mass is 10.2. The molecule has 0 aliphatic rings. The van der Waals surface area contributed by atoms with E-state index in [-0.39, 0.29) is 16.5 Å². The van der Waals surface area contributed by atoms with Crippen LogP contribution in [-0.4, -0.2) is 35.6 Å². The number of carbonyl (C=O) groups is 1. The van der Waals surface area contributed by atoms with Gasteiger partial charge < -0.3 is 4.90 Å². The van der Waals surface area contributed by atoms with Crippen LogP contribution in [0.2, 0.25) is 5.15 Å². The van der Waals surface area contributed by atoms with Crippen molar-refractivity contribution in [1.29, 1.82) is 0 Å². The molecule has 1 heterocycles. The number of aromatic nitrogens is 2. The van der Waals surface area contributed by atoms with Gasteiger partial charge in [0, 0.05) is 13.6 Å². The average molecular weight is 284 g/mol. The summed E-state index contributed by atoms with van der Waals surface area (Å²) in [5.74, 6) is 0.197. The van der Waals surface area contributed by atoms with Crippen LogP contribution < -0.4 is 4.90 Å². The standard InChI is InChI=1S/C12H14ClN3OS/c1-5-7-16(3)11-9(8(17)6-2)10(13)14-12(15-11)18-4/h5-6H,1-2,7H2,3-4H3. The lowest BCUT2D eigenvalue weighted by molar-refractivity contribution is 0.104. The Morgan fingerprint density at radius 2 is 2.17 bits per heavy atom. The molecule has 0 radical (unpaired) electrons. The van der Waals surface area contributed by atoms with Crippen molar-refractivity contribution in [2.45, 2.75) is 5.16 Å². The van der Waals surface area contributed by atoms with E-state index in [9.17, 15) is 4.79 Å². The minimum absolute atomic E-state index is 0.144. The highest BCUT2D eigenvalue weighted by Crippen LogP contribution is 2.27. The fourth-order valence-corrected chi connectivity index (χ4v) is 2.03. The molecule has 0 spiro atoms. The molecule has 0 aliphatic carbocycles. The highest BCUT2D eigenvalue weighted by molar-refractivity contribution is 7.98. The van der Waals surface area contributed by atoms with Gasteiger partial charge in [0.25, 0.3) is 0 Å². The fraction of sp³-hybridized carbons (Fsp3) is 0.250. The predicted molar refractivity (Wildman–Crippen MR) is 76.8 cm³/mol. The normalized spacial score (nSPS) is 9.94. The first-order valence-corrected chi connectivity index (χ1v) is 6.75. The molecular formula is C12H14ClN3OS. The summed E-state index contributed by atoms with van der Waals surface area (Å²) in [5.41, 5.74) is 0.272. The Balaban J connectivity index is 3.41. The van der Waals surface area contributed by atoms with E-state index in [0.29, 0.717) is 17.5 Å². The summed E-state index contributed by atoms with van der Waals surface area (Å²) in [4.78, 5) is 22.0. The molecule has 0 amide bonds. The Kier molecular flexibility index (Phi) is 5.37. The first-order chi connectivity index (χ1) is 8.54. The van der Waals surface area contributed by atoms with E-state index in [1.54, 1.807) is 11.0 Å². The molecule has 0 unspecified atom stereocenters. The Labute approximate surface area is 116 Å². The second-order valence-corrected chi connectivity index (χ2v) is 4.57. The maximum atomic E-state index is 11.8. The monoisotopic (exact) mass is 283 g/mol. The first-order valence-electron chi connectivity index (χ1n) is 5.15. The quantitative estimate of drug-likeness (QED) is 0.201. The highest BCUT2D eigenvalue weighted by atomic mass is 35.5. The van der Waals surface area contributed by atoms with Crippen molar-refractivity contribution in [2.24, 2.45) is 0 Å². The summed E-state index contributed by atoms with van der Waals surface area (Å²) in [6, 6.07) is 0. The minimum Gasteiger partial charge on any atom is -0.355 e. The fourth-order valence-electron chi connectivity index (χ4n) is 1.37. The van der Waals surface area contributed by atoms with Crippen LogP contribution in [0.1, 0.15) is 10.4 Å². The number of ketones is 1. The van der Waals surface area contributed by atoms with Crippen LogP contribution in [0, 0.1) is 0 Å². The van der Waals surface area contributed by atoms with Gasteiger partial charge >= 0.3 is 0 Å². The lowest BCUT2D eigenvalue weighted by Crippen LogP contribution is -2.22. The molecule has 0 fully saturated rings. The van der Waals surface area contributed by atoms with Crippen molar-refractivity contribution in [3.63, 3.8) is 0 Å². The van der Waals surface area contributed by atoms with E-state index in [4.69, 9.17) is 11.6 Å². The van der Waals surface area contributed by atoms with Crippen LogP contribution in [0.4, 0.5) is 5.82 Å².